The third-order valence-electron chi connectivity index (χ3n) is 0.921. The number of alkyl halides is 1. The molecular weight excluding hydrogens is 175 g/mol. The second-order valence-corrected chi connectivity index (χ2v) is 1.77. The van der Waals surface area contributed by atoms with E-state index in [1.165, 1.54) is 0 Å². The third kappa shape index (κ3) is 2.19. The van der Waals surface area contributed by atoms with E-state index in [4.69, 9.17) is 0 Å². The van der Waals surface area contributed by atoms with Gasteiger partial charge < -0.3 is 17.9 Å². The molecular formula is C3HBF3LiO4. The van der Waals surface area contributed by atoms with Crippen LogP contribution in [0, 0.1) is 0 Å². The van der Waals surface area contributed by atoms with Gasteiger partial charge in [0.1, 0.15) is 0 Å². The van der Waals surface area contributed by atoms with E-state index in [9.17, 15) is 22.6 Å². The van der Waals surface area contributed by atoms with Gasteiger partial charge >= 0.3 is 37.9 Å². The number of carbonyl (C=O) groups excluding carboxylic acids is 2. The molecule has 0 spiro atoms. The molecule has 0 aromatic carbocycles. The SMILES string of the molecule is O=C1O[B-](F)(F)OC(=O)C1F.[Li+]. The Morgan fingerprint density at radius 1 is 1.17 bits per heavy atom. The van der Waals surface area contributed by atoms with Crippen molar-refractivity contribution in [3.8, 4) is 0 Å². The average molecular weight is 176 g/mol. The Labute approximate surface area is 76.6 Å². The second kappa shape index (κ2) is 3.41. The van der Waals surface area contributed by atoms with Gasteiger partial charge in [-0.3, -0.25) is 9.59 Å². The zero-order valence-electron chi connectivity index (χ0n) is 5.92. The van der Waals surface area contributed by atoms with Gasteiger partial charge in [0.15, 0.2) is 0 Å². The summed E-state index contributed by atoms with van der Waals surface area (Å²) in [4.78, 5) is 20.1. The van der Waals surface area contributed by atoms with Crippen molar-refractivity contribution < 1.29 is 50.8 Å². The van der Waals surface area contributed by atoms with Crippen LogP contribution in [0.4, 0.5) is 13.0 Å². The van der Waals surface area contributed by atoms with Crippen LogP contribution < -0.4 is 18.9 Å². The molecule has 0 radical (unpaired) electrons. The quantitative estimate of drug-likeness (QED) is 0.288. The second-order valence-electron chi connectivity index (χ2n) is 1.77. The van der Waals surface area contributed by atoms with Gasteiger partial charge in [0.2, 0.25) is 0 Å². The van der Waals surface area contributed by atoms with Gasteiger partial charge in [0.05, 0.1) is 0 Å². The van der Waals surface area contributed by atoms with E-state index in [0.717, 1.165) is 0 Å². The number of hydrogen-bond acceptors (Lipinski definition) is 4. The molecule has 12 heavy (non-hydrogen) atoms. The number of rotatable bonds is 0. The predicted molar refractivity (Wildman–Crippen MR) is 25.1 cm³/mol. The molecule has 0 aliphatic carbocycles. The molecule has 0 unspecified atom stereocenters. The summed E-state index contributed by atoms with van der Waals surface area (Å²) in [6.07, 6.45) is -2.75. The van der Waals surface area contributed by atoms with E-state index in [0.29, 0.717) is 0 Å². The Bertz CT molecular complexity index is 202. The monoisotopic (exact) mass is 176 g/mol. The summed E-state index contributed by atoms with van der Waals surface area (Å²) in [5, 5.41) is 0. The van der Waals surface area contributed by atoms with Crippen LogP contribution in [0.2, 0.25) is 0 Å². The van der Waals surface area contributed by atoms with Crippen LogP contribution in [0.3, 0.4) is 0 Å². The van der Waals surface area contributed by atoms with Gasteiger partial charge in [-0.2, -0.15) is 0 Å². The maximum Gasteiger partial charge on any atom is 1.00 e. The molecule has 0 amide bonds. The van der Waals surface area contributed by atoms with Gasteiger partial charge in [-0.25, -0.2) is 4.39 Å². The number of carbonyl (C=O) groups is 2. The summed E-state index contributed by atoms with van der Waals surface area (Å²) < 4.78 is 42.1. The molecule has 1 aliphatic heterocycles. The fourth-order valence-electron chi connectivity index (χ4n) is 0.510. The Morgan fingerprint density at radius 3 is 1.83 bits per heavy atom. The minimum absolute atomic E-state index is 0. The van der Waals surface area contributed by atoms with E-state index in [1.54, 1.807) is 0 Å². The van der Waals surface area contributed by atoms with E-state index >= 15 is 0 Å². The molecule has 0 aromatic heterocycles. The largest absolute Gasteiger partial charge is 1.00 e. The standard InChI is InChI=1S/C3HBF3O4.Li/c5-1-2(8)10-4(6,7)11-3(1)9;/h1H;/q-1;+1. The first kappa shape index (κ1) is 11.4. The smallest absolute Gasteiger partial charge is 0.598 e. The molecule has 0 aromatic rings. The zero-order valence-corrected chi connectivity index (χ0v) is 5.92. The van der Waals surface area contributed by atoms with Crippen LogP contribution in [-0.2, 0) is 18.9 Å². The molecule has 1 rings (SSSR count). The van der Waals surface area contributed by atoms with E-state index in [2.05, 4.69) is 9.31 Å². The van der Waals surface area contributed by atoms with Crippen LogP contribution in [-0.4, -0.2) is 25.2 Å². The van der Waals surface area contributed by atoms with Gasteiger partial charge in [0, 0.05) is 0 Å². The molecule has 62 valence electrons. The van der Waals surface area contributed by atoms with Crippen LogP contribution in [0.5, 0.6) is 0 Å². The van der Waals surface area contributed by atoms with Crippen molar-refractivity contribution in [2.45, 2.75) is 6.17 Å². The summed E-state index contributed by atoms with van der Waals surface area (Å²) in [7, 11) is -4.95. The molecule has 1 heterocycles. The van der Waals surface area contributed by atoms with Gasteiger partial charge in [-0.05, 0) is 0 Å². The average Bonchev–Trinajstić information content (AvgIpc) is 1.81. The van der Waals surface area contributed by atoms with Crippen molar-refractivity contribution in [2.75, 3.05) is 0 Å². The van der Waals surface area contributed by atoms with Crippen molar-refractivity contribution >= 4 is 19.0 Å². The van der Waals surface area contributed by atoms with Crippen LogP contribution in [0.15, 0.2) is 0 Å². The molecule has 0 N–H and O–H groups in total. The van der Waals surface area contributed by atoms with E-state index in [1.807, 2.05) is 0 Å². The van der Waals surface area contributed by atoms with Crippen molar-refractivity contribution in [1.29, 1.82) is 0 Å². The minimum Gasteiger partial charge on any atom is -0.598 e. The molecule has 0 atom stereocenters. The Hall–Kier alpha value is -0.608. The molecule has 1 fully saturated rings. The van der Waals surface area contributed by atoms with Crippen LogP contribution in [0.25, 0.3) is 0 Å². The predicted octanol–water partition coefficient (Wildman–Crippen LogP) is -3.20. The maximum absolute atomic E-state index is 12.0. The summed E-state index contributed by atoms with van der Waals surface area (Å²) >= 11 is 0. The molecule has 1 saturated heterocycles. The van der Waals surface area contributed by atoms with E-state index in [-0.39, 0.29) is 18.9 Å². The van der Waals surface area contributed by atoms with Crippen LogP contribution >= 0.6 is 0 Å². The summed E-state index contributed by atoms with van der Waals surface area (Å²) in [5.74, 6) is -3.82. The first-order chi connectivity index (χ1) is 4.92. The molecule has 4 nitrogen and oxygen atoms in total. The van der Waals surface area contributed by atoms with Crippen molar-refractivity contribution in [2.24, 2.45) is 0 Å². The summed E-state index contributed by atoms with van der Waals surface area (Å²) in [5.41, 5.74) is 0. The van der Waals surface area contributed by atoms with Gasteiger partial charge in [-0.15, -0.1) is 0 Å². The number of hydrogen-bond donors (Lipinski definition) is 0. The summed E-state index contributed by atoms with van der Waals surface area (Å²) in [6.45, 7) is 0. The van der Waals surface area contributed by atoms with Crippen molar-refractivity contribution in [3.63, 3.8) is 0 Å². The molecule has 9 heteroatoms. The molecule has 0 saturated carbocycles. The van der Waals surface area contributed by atoms with Gasteiger partial charge in [0.25, 0.3) is 6.17 Å². The fraction of sp³-hybridized carbons (Fsp3) is 0.333. The maximum atomic E-state index is 12.0. The Kier molecular flexibility index (Phi) is 3.24. The van der Waals surface area contributed by atoms with Gasteiger partial charge in [-0.1, -0.05) is 0 Å². The van der Waals surface area contributed by atoms with Crippen molar-refractivity contribution in [1.82, 2.24) is 0 Å². The first-order valence-electron chi connectivity index (χ1n) is 2.52. The normalized spacial score (nSPS) is 22.2. The number of halogens is 3. The van der Waals surface area contributed by atoms with E-state index < -0.39 is 25.2 Å². The first-order valence-corrected chi connectivity index (χ1v) is 2.52. The van der Waals surface area contributed by atoms with Crippen LogP contribution in [0.1, 0.15) is 0 Å². The van der Waals surface area contributed by atoms with Crippen molar-refractivity contribution in [3.05, 3.63) is 0 Å². The Balaban J connectivity index is 0.00000121. The summed E-state index contributed by atoms with van der Waals surface area (Å²) in [6, 6.07) is 0. The Morgan fingerprint density at radius 2 is 1.50 bits per heavy atom. The minimum atomic E-state index is -4.95. The third-order valence-corrected chi connectivity index (χ3v) is 0.921. The molecule has 0 bridgehead atoms. The zero-order chi connectivity index (χ0) is 8.65. The topological polar surface area (TPSA) is 52.6 Å². The fourth-order valence-corrected chi connectivity index (χ4v) is 0.510. The molecule has 1 aliphatic rings.